The van der Waals surface area contributed by atoms with Crippen LogP contribution in [0.25, 0.3) is 21.7 Å². The number of fused-ring (bicyclic) bond motifs is 2. The predicted octanol–water partition coefficient (Wildman–Crippen LogP) is 3.09. The van der Waals surface area contributed by atoms with Crippen molar-refractivity contribution in [2.75, 3.05) is 12.0 Å². The molecule has 0 saturated heterocycles. The lowest BCUT2D eigenvalue weighted by molar-refractivity contribution is -0.122. The largest absolute Gasteiger partial charge is 0.484 e. The molecule has 0 spiro atoms. The first-order valence-corrected chi connectivity index (χ1v) is 9.32. The van der Waals surface area contributed by atoms with E-state index in [2.05, 4.69) is 15.8 Å². The van der Waals surface area contributed by atoms with E-state index in [1.54, 1.807) is 18.2 Å². The monoisotopic (exact) mass is 388 g/mol. The van der Waals surface area contributed by atoms with Crippen molar-refractivity contribution in [2.24, 2.45) is 0 Å². The molecule has 0 bridgehead atoms. The highest BCUT2D eigenvalue weighted by Crippen LogP contribution is 2.20. The molecular formula is C22H20N4O3. The molecule has 4 aromatic rings. The van der Waals surface area contributed by atoms with Gasteiger partial charge in [-0.3, -0.25) is 25.0 Å². The Morgan fingerprint density at radius 1 is 1.03 bits per heavy atom. The van der Waals surface area contributed by atoms with E-state index >= 15 is 0 Å². The zero-order chi connectivity index (χ0) is 20.2. The van der Waals surface area contributed by atoms with Crippen LogP contribution in [0.5, 0.6) is 5.75 Å². The zero-order valence-corrected chi connectivity index (χ0v) is 15.9. The summed E-state index contributed by atoms with van der Waals surface area (Å²) in [6.45, 7) is 2.09. The highest BCUT2D eigenvalue weighted by Gasteiger charge is 2.10. The smallest absolute Gasteiger partial charge is 0.276 e. The van der Waals surface area contributed by atoms with E-state index in [0.29, 0.717) is 23.2 Å². The van der Waals surface area contributed by atoms with Gasteiger partial charge in [-0.15, -0.1) is 0 Å². The summed E-state index contributed by atoms with van der Waals surface area (Å²) in [5.74, 6) is 0.492. The van der Waals surface area contributed by atoms with Gasteiger partial charge in [-0.2, -0.15) is 0 Å². The van der Waals surface area contributed by atoms with Gasteiger partial charge in [-0.05, 0) is 42.0 Å². The Hall–Kier alpha value is -3.87. The van der Waals surface area contributed by atoms with E-state index in [1.807, 2.05) is 55.5 Å². The first-order chi connectivity index (χ1) is 14.2. The van der Waals surface area contributed by atoms with Crippen LogP contribution < -0.4 is 21.1 Å². The number of nitrogens with zero attached hydrogens (tertiary/aromatic N) is 2. The molecule has 0 fully saturated rings. The van der Waals surface area contributed by atoms with Gasteiger partial charge in [0.15, 0.2) is 6.61 Å². The maximum Gasteiger partial charge on any atom is 0.276 e. The minimum atomic E-state index is -0.386. The maximum absolute atomic E-state index is 12.6. The number of hydrazine groups is 1. The van der Waals surface area contributed by atoms with Crippen molar-refractivity contribution >= 4 is 33.5 Å². The number of hydrogen-bond acceptors (Lipinski definition) is 5. The van der Waals surface area contributed by atoms with Crippen LogP contribution in [0.3, 0.4) is 0 Å². The van der Waals surface area contributed by atoms with Gasteiger partial charge in [-0.1, -0.05) is 42.5 Å². The molecule has 4 rings (SSSR count). The van der Waals surface area contributed by atoms with Crippen molar-refractivity contribution in [1.29, 1.82) is 0 Å². The van der Waals surface area contributed by atoms with Crippen molar-refractivity contribution in [3.63, 3.8) is 0 Å². The van der Waals surface area contributed by atoms with Crippen molar-refractivity contribution < 1.29 is 9.53 Å². The van der Waals surface area contributed by atoms with Crippen LogP contribution in [0.15, 0.2) is 71.5 Å². The van der Waals surface area contributed by atoms with Gasteiger partial charge in [0, 0.05) is 6.54 Å². The second-order valence-corrected chi connectivity index (χ2v) is 6.47. The molecule has 1 aromatic heterocycles. The van der Waals surface area contributed by atoms with Crippen molar-refractivity contribution in [3.8, 4) is 5.75 Å². The summed E-state index contributed by atoms with van der Waals surface area (Å²) in [6.07, 6.45) is 0. The quantitative estimate of drug-likeness (QED) is 0.496. The Morgan fingerprint density at radius 3 is 2.62 bits per heavy atom. The Labute approximate surface area is 166 Å². The average molecular weight is 388 g/mol. The third-order valence-electron chi connectivity index (χ3n) is 4.58. The van der Waals surface area contributed by atoms with Gasteiger partial charge >= 0.3 is 0 Å². The first kappa shape index (κ1) is 18.5. The number of ether oxygens (including phenoxy) is 1. The van der Waals surface area contributed by atoms with Gasteiger partial charge in [-0.25, -0.2) is 4.98 Å². The third kappa shape index (κ3) is 3.89. The molecule has 1 heterocycles. The summed E-state index contributed by atoms with van der Waals surface area (Å²) in [5.41, 5.74) is 5.67. The number of benzene rings is 3. The summed E-state index contributed by atoms with van der Waals surface area (Å²) in [5, 5.41) is 2.67. The summed E-state index contributed by atoms with van der Waals surface area (Å²) in [7, 11) is 0. The van der Waals surface area contributed by atoms with E-state index in [-0.39, 0.29) is 24.0 Å². The molecule has 7 nitrogen and oxygen atoms in total. The van der Waals surface area contributed by atoms with Crippen molar-refractivity contribution in [1.82, 2.24) is 15.0 Å². The van der Waals surface area contributed by atoms with Crippen LogP contribution in [0, 0.1) is 0 Å². The van der Waals surface area contributed by atoms with Gasteiger partial charge in [0.2, 0.25) is 5.95 Å². The number of aromatic nitrogens is 2. The van der Waals surface area contributed by atoms with E-state index in [9.17, 15) is 9.59 Å². The Kier molecular flexibility index (Phi) is 5.11. The molecule has 0 unspecified atom stereocenters. The molecule has 0 saturated carbocycles. The summed E-state index contributed by atoms with van der Waals surface area (Å²) >= 11 is 0. The number of anilines is 1. The lowest BCUT2D eigenvalue weighted by Crippen LogP contribution is -2.37. The van der Waals surface area contributed by atoms with Crippen LogP contribution >= 0.6 is 0 Å². The SMILES string of the molecule is CCn1c(NNC(=O)COc2ccc3ccccc3c2)nc2ccccc2c1=O. The molecule has 0 radical (unpaired) electrons. The minimum absolute atomic E-state index is 0.165. The zero-order valence-electron chi connectivity index (χ0n) is 15.9. The van der Waals surface area contributed by atoms with E-state index < -0.39 is 0 Å². The molecule has 146 valence electrons. The number of hydrogen-bond donors (Lipinski definition) is 2. The maximum atomic E-state index is 12.6. The minimum Gasteiger partial charge on any atom is -0.484 e. The summed E-state index contributed by atoms with van der Waals surface area (Å²) in [4.78, 5) is 29.2. The van der Waals surface area contributed by atoms with Gasteiger partial charge in [0.05, 0.1) is 10.9 Å². The summed E-state index contributed by atoms with van der Waals surface area (Å²) in [6, 6.07) is 20.7. The number of para-hydroxylation sites is 1. The lowest BCUT2D eigenvalue weighted by atomic mass is 10.1. The third-order valence-corrected chi connectivity index (χ3v) is 4.58. The number of nitrogens with one attached hydrogen (secondary N) is 2. The highest BCUT2D eigenvalue weighted by atomic mass is 16.5. The average Bonchev–Trinajstić information content (AvgIpc) is 2.76. The van der Waals surface area contributed by atoms with Crippen LogP contribution in [-0.2, 0) is 11.3 Å². The summed E-state index contributed by atoms with van der Waals surface area (Å²) < 4.78 is 7.04. The molecule has 2 N–H and O–H groups in total. The second-order valence-electron chi connectivity index (χ2n) is 6.47. The van der Waals surface area contributed by atoms with Gasteiger partial charge in [0.25, 0.3) is 11.5 Å². The molecule has 29 heavy (non-hydrogen) atoms. The number of rotatable bonds is 6. The molecule has 7 heteroatoms. The standard InChI is InChI=1S/C22H20N4O3/c1-2-26-21(28)18-9-5-6-10-19(18)23-22(26)25-24-20(27)14-29-17-12-11-15-7-3-4-8-16(15)13-17/h3-13H,2,14H2,1H3,(H,23,25)(H,24,27). The number of carbonyl (C=O) groups is 1. The first-order valence-electron chi connectivity index (χ1n) is 9.32. The highest BCUT2D eigenvalue weighted by molar-refractivity contribution is 5.84. The fourth-order valence-corrected chi connectivity index (χ4v) is 3.12. The van der Waals surface area contributed by atoms with E-state index in [4.69, 9.17) is 4.74 Å². The molecule has 1 amide bonds. The topological polar surface area (TPSA) is 85.2 Å². The Balaban J connectivity index is 1.43. The molecular weight excluding hydrogens is 368 g/mol. The molecule has 3 aromatic carbocycles. The molecule has 0 aliphatic heterocycles. The lowest BCUT2D eigenvalue weighted by Gasteiger charge is -2.14. The van der Waals surface area contributed by atoms with Gasteiger partial charge < -0.3 is 4.74 Å². The predicted molar refractivity (Wildman–Crippen MR) is 113 cm³/mol. The molecule has 0 aliphatic rings. The van der Waals surface area contributed by atoms with Crippen LogP contribution in [0.1, 0.15) is 6.92 Å². The van der Waals surface area contributed by atoms with Crippen LogP contribution in [0.4, 0.5) is 5.95 Å². The molecule has 0 aliphatic carbocycles. The van der Waals surface area contributed by atoms with Gasteiger partial charge in [0.1, 0.15) is 5.75 Å². The Morgan fingerprint density at radius 2 is 1.79 bits per heavy atom. The fraction of sp³-hybridized carbons (Fsp3) is 0.136. The Bertz CT molecular complexity index is 1250. The molecule has 0 atom stereocenters. The van der Waals surface area contributed by atoms with Crippen LogP contribution in [0.2, 0.25) is 0 Å². The van der Waals surface area contributed by atoms with Crippen LogP contribution in [-0.4, -0.2) is 22.1 Å². The number of carbonyl (C=O) groups excluding carboxylic acids is 1. The fourth-order valence-electron chi connectivity index (χ4n) is 3.12. The van der Waals surface area contributed by atoms with Crippen molar-refractivity contribution in [2.45, 2.75) is 13.5 Å². The van der Waals surface area contributed by atoms with E-state index in [1.165, 1.54) is 4.57 Å². The normalized spacial score (nSPS) is 10.8. The number of amides is 1. The van der Waals surface area contributed by atoms with E-state index in [0.717, 1.165) is 10.8 Å². The van der Waals surface area contributed by atoms with Crippen molar-refractivity contribution in [3.05, 3.63) is 77.1 Å². The second kappa shape index (κ2) is 8.02.